The number of anilines is 2. The van der Waals surface area contributed by atoms with Crippen LogP contribution in [0.4, 0.5) is 11.4 Å². The Labute approximate surface area is 144 Å². The Hall–Kier alpha value is -3.15. The van der Waals surface area contributed by atoms with Crippen LogP contribution in [0.1, 0.15) is 33.6 Å². The van der Waals surface area contributed by atoms with Gasteiger partial charge < -0.3 is 15.5 Å². The third-order valence-electron chi connectivity index (χ3n) is 4.62. The molecule has 0 bridgehead atoms. The molecule has 0 radical (unpaired) electrons. The summed E-state index contributed by atoms with van der Waals surface area (Å²) in [6.07, 6.45) is 1.51. The molecular formula is C19H17N3O3. The molecule has 0 aromatic heterocycles. The lowest BCUT2D eigenvalue weighted by atomic mass is 10.1. The minimum atomic E-state index is -0.401. The van der Waals surface area contributed by atoms with E-state index in [0.29, 0.717) is 35.5 Å². The molecule has 126 valence electrons. The van der Waals surface area contributed by atoms with E-state index in [-0.39, 0.29) is 17.7 Å². The highest BCUT2D eigenvalue weighted by Crippen LogP contribution is 2.30. The van der Waals surface area contributed by atoms with Gasteiger partial charge in [-0.05, 0) is 43.2 Å². The fourth-order valence-corrected chi connectivity index (χ4v) is 3.35. The van der Waals surface area contributed by atoms with Crippen LogP contribution in [-0.2, 0) is 4.79 Å². The van der Waals surface area contributed by atoms with E-state index >= 15 is 0 Å². The van der Waals surface area contributed by atoms with Gasteiger partial charge in [0.25, 0.3) is 11.8 Å². The summed E-state index contributed by atoms with van der Waals surface area (Å²) >= 11 is 0. The number of nitrogens with zero attached hydrogens (tertiary/aromatic N) is 1. The van der Waals surface area contributed by atoms with E-state index in [1.807, 2.05) is 6.07 Å². The van der Waals surface area contributed by atoms with E-state index in [2.05, 4.69) is 10.6 Å². The van der Waals surface area contributed by atoms with Crippen molar-refractivity contribution in [3.8, 4) is 0 Å². The van der Waals surface area contributed by atoms with Gasteiger partial charge in [0.05, 0.1) is 11.3 Å². The molecule has 2 aromatic rings. The predicted octanol–water partition coefficient (Wildman–Crippen LogP) is 2.50. The molecule has 6 heteroatoms. The summed E-state index contributed by atoms with van der Waals surface area (Å²) in [5.41, 5.74) is 1.95. The van der Waals surface area contributed by atoms with Crippen LogP contribution >= 0.6 is 0 Å². The van der Waals surface area contributed by atoms with Crippen LogP contribution in [0.5, 0.6) is 0 Å². The zero-order valence-electron chi connectivity index (χ0n) is 13.5. The molecule has 2 aliphatic heterocycles. The Morgan fingerprint density at radius 1 is 1.12 bits per heavy atom. The molecule has 1 atom stereocenters. The smallest absolute Gasteiger partial charge is 0.256 e. The summed E-state index contributed by atoms with van der Waals surface area (Å²) in [6.45, 7) is 0.580. The van der Waals surface area contributed by atoms with Crippen molar-refractivity contribution in [2.45, 2.75) is 18.9 Å². The van der Waals surface area contributed by atoms with Crippen LogP contribution in [0, 0.1) is 0 Å². The largest absolute Gasteiger partial charge is 0.327 e. The molecular weight excluding hydrogens is 318 g/mol. The zero-order chi connectivity index (χ0) is 17.4. The Kier molecular flexibility index (Phi) is 3.72. The summed E-state index contributed by atoms with van der Waals surface area (Å²) in [4.78, 5) is 39.0. The fraction of sp³-hybridized carbons (Fsp3) is 0.211. The third-order valence-corrected chi connectivity index (χ3v) is 4.62. The lowest BCUT2D eigenvalue weighted by Gasteiger charge is -2.20. The zero-order valence-corrected chi connectivity index (χ0v) is 13.5. The van der Waals surface area contributed by atoms with Crippen molar-refractivity contribution >= 4 is 29.1 Å². The maximum absolute atomic E-state index is 12.8. The van der Waals surface area contributed by atoms with Gasteiger partial charge in [0, 0.05) is 17.8 Å². The minimum Gasteiger partial charge on any atom is -0.327 e. The predicted molar refractivity (Wildman–Crippen MR) is 93.5 cm³/mol. The summed E-state index contributed by atoms with van der Waals surface area (Å²) < 4.78 is 0. The number of amides is 3. The highest BCUT2D eigenvalue weighted by atomic mass is 16.2. The maximum atomic E-state index is 12.8. The number of carbonyl (C=O) groups is 3. The molecule has 3 amide bonds. The van der Waals surface area contributed by atoms with Gasteiger partial charge in [0.2, 0.25) is 5.91 Å². The highest BCUT2D eigenvalue weighted by molar-refractivity contribution is 6.11. The first kappa shape index (κ1) is 15.4. The third kappa shape index (κ3) is 2.76. The Balaban J connectivity index is 1.64. The first-order valence-electron chi connectivity index (χ1n) is 8.26. The van der Waals surface area contributed by atoms with E-state index in [4.69, 9.17) is 0 Å². The van der Waals surface area contributed by atoms with Crippen molar-refractivity contribution < 1.29 is 14.4 Å². The second-order valence-corrected chi connectivity index (χ2v) is 6.23. The average Bonchev–Trinajstić information content (AvgIpc) is 3.09. The summed E-state index contributed by atoms with van der Waals surface area (Å²) in [5.74, 6) is -0.568. The summed E-state index contributed by atoms with van der Waals surface area (Å²) in [7, 11) is 0. The van der Waals surface area contributed by atoms with Crippen molar-refractivity contribution in [3.05, 3.63) is 59.7 Å². The number of fused-ring (bicyclic) bond motifs is 2. The second kappa shape index (κ2) is 6.05. The van der Waals surface area contributed by atoms with Gasteiger partial charge in [-0.1, -0.05) is 18.2 Å². The lowest BCUT2D eigenvalue weighted by Crippen LogP contribution is -2.40. The van der Waals surface area contributed by atoms with Crippen LogP contribution in [0.3, 0.4) is 0 Å². The van der Waals surface area contributed by atoms with Crippen LogP contribution in [0.15, 0.2) is 48.5 Å². The SMILES string of the molecule is O=C(Nc1ccc2c(c1)C(=O)N1CCC[C@@H]1C(=O)N2)c1ccccc1. The fourth-order valence-electron chi connectivity index (χ4n) is 3.35. The van der Waals surface area contributed by atoms with Gasteiger partial charge in [-0.15, -0.1) is 0 Å². The molecule has 2 N–H and O–H groups in total. The molecule has 1 saturated heterocycles. The number of hydrogen-bond acceptors (Lipinski definition) is 3. The number of rotatable bonds is 2. The topological polar surface area (TPSA) is 78.5 Å². The molecule has 1 fully saturated rings. The maximum Gasteiger partial charge on any atom is 0.256 e. The Morgan fingerprint density at radius 3 is 2.72 bits per heavy atom. The van der Waals surface area contributed by atoms with Crippen LogP contribution in [0.2, 0.25) is 0 Å². The molecule has 0 aliphatic carbocycles. The highest BCUT2D eigenvalue weighted by Gasteiger charge is 2.38. The van der Waals surface area contributed by atoms with E-state index in [0.717, 1.165) is 6.42 Å². The molecule has 2 aliphatic rings. The molecule has 4 rings (SSSR count). The molecule has 0 spiro atoms. The van der Waals surface area contributed by atoms with Gasteiger partial charge in [0.1, 0.15) is 6.04 Å². The van der Waals surface area contributed by atoms with Gasteiger partial charge in [-0.3, -0.25) is 14.4 Å². The second-order valence-electron chi connectivity index (χ2n) is 6.23. The van der Waals surface area contributed by atoms with Gasteiger partial charge in [0.15, 0.2) is 0 Å². The average molecular weight is 335 g/mol. The van der Waals surface area contributed by atoms with Crippen LogP contribution in [-0.4, -0.2) is 35.2 Å². The number of carbonyl (C=O) groups excluding carboxylic acids is 3. The molecule has 2 aromatic carbocycles. The molecule has 0 saturated carbocycles. The van der Waals surface area contributed by atoms with E-state index in [1.165, 1.54) is 0 Å². The lowest BCUT2D eigenvalue weighted by molar-refractivity contribution is -0.119. The molecule has 6 nitrogen and oxygen atoms in total. The first-order chi connectivity index (χ1) is 12.1. The van der Waals surface area contributed by atoms with Crippen LogP contribution in [0.25, 0.3) is 0 Å². The van der Waals surface area contributed by atoms with Crippen molar-refractivity contribution in [2.75, 3.05) is 17.2 Å². The van der Waals surface area contributed by atoms with Crippen molar-refractivity contribution in [2.24, 2.45) is 0 Å². The van der Waals surface area contributed by atoms with E-state index < -0.39 is 6.04 Å². The van der Waals surface area contributed by atoms with E-state index in [9.17, 15) is 14.4 Å². The quantitative estimate of drug-likeness (QED) is 0.885. The normalized spacial score (nSPS) is 18.9. The summed E-state index contributed by atoms with van der Waals surface area (Å²) in [5, 5.41) is 5.62. The van der Waals surface area contributed by atoms with Gasteiger partial charge in [-0.25, -0.2) is 0 Å². The minimum absolute atomic E-state index is 0.148. The molecule has 2 heterocycles. The van der Waals surface area contributed by atoms with Crippen molar-refractivity contribution in [1.29, 1.82) is 0 Å². The van der Waals surface area contributed by atoms with Crippen LogP contribution < -0.4 is 10.6 Å². The number of benzene rings is 2. The van der Waals surface area contributed by atoms with Crippen molar-refractivity contribution in [3.63, 3.8) is 0 Å². The number of hydrogen-bond donors (Lipinski definition) is 2. The standard InChI is InChI=1S/C19H17N3O3/c23-17(12-5-2-1-3-6-12)20-13-8-9-15-14(11-13)19(25)22-10-4-7-16(22)18(24)21-15/h1-3,5-6,8-9,11,16H,4,7,10H2,(H,20,23)(H,21,24)/t16-/m1/s1. The molecule has 25 heavy (non-hydrogen) atoms. The molecule has 0 unspecified atom stereocenters. The monoisotopic (exact) mass is 335 g/mol. The van der Waals surface area contributed by atoms with Gasteiger partial charge in [-0.2, -0.15) is 0 Å². The van der Waals surface area contributed by atoms with Gasteiger partial charge >= 0.3 is 0 Å². The summed E-state index contributed by atoms with van der Waals surface area (Å²) in [6, 6.07) is 13.4. The van der Waals surface area contributed by atoms with Crippen molar-refractivity contribution in [1.82, 2.24) is 4.90 Å². The van der Waals surface area contributed by atoms with E-state index in [1.54, 1.807) is 47.4 Å². The first-order valence-corrected chi connectivity index (χ1v) is 8.26. The number of nitrogens with one attached hydrogen (secondary N) is 2. The Bertz CT molecular complexity index is 863. The Morgan fingerprint density at radius 2 is 1.92 bits per heavy atom.